The predicted molar refractivity (Wildman–Crippen MR) is 156 cm³/mol. The molecule has 3 aromatic rings. The number of ketones is 1. The Balaban J connectivity index is 1.73. The second-order valence-corrected chi connectivity index (χ2v) is 11.6. The lowest BCUT2D eigenvalue weighted by atomic mass is 10.0. The zero-order valence-corrected chi connectivity index (χ0v) is 24.1. The highest BCUT2D eigenvalue weighted by molar-refractivity contribution is 7.92. The molecule has 0 unspecified atom stereocenters. The van der Waals surface area contributed by atoms with Crippen LogP contribution in [0.25, 0.3) is 0 Å². The minimum Gasteiger partial charge on any atom is -0.496 e. The van der Waals surface area contributed by atoms with Gasteiger partial charge in [-0.1, -0.05) is 24.3 Å². The lowest BCUT2D eigenvalue weighted by molar-refractivity contribution is -0.139. The molecule has 41 heavy (non-hydrogen) atoms. The van der Waals surface area contributed by atoms with Crippen LogP contribution in [0.5, 0.6) is 5.75 Å². The number of aliphatic imine (C=N–C) groups is 1. The summed E-state index contributed by atoms with van der Waals surface area (Å²) in [5.41, 5.74) is 12.3. The first kappa shape index (κ1) is 31.1. The van der Waals surface area contributed by atoms with Gasteiger partial charge in [0.25, 0.3) is 15.9 Å². The summed E-state index contributed by atoms with van der Waals surface area (Å²) in [6, 6.07) is 11.1. The van der Waals surface area contributed by atoms with E-state index in [0.717, 1.165) is 16.9 Å². The molecule has 0 fully saturated rings. The Kier molecular flexibility index (Phi) is 10.4. The summed E-state index contributed by atoms with van der Waals surface area (Å²) in [6.45, 7) is 2.07. The van der Waals surface area contributed by atoms with Gasteiger partial charge in [0.15, 0.2) is 11.7 Å². The number of benzene rings is 2. The van der Waals surface area contributed by atoms with Crippen molar-refractivity contribution in [3.05, 3.63) is 75.5 Å². The number of anilines is 1. The maximum absolute atomic E-state index is 13.2. The molecule has 3 rings (SSSR count). The van der Waals surface area contributed by atoms with Gasteiger partial charge < -0.3 is 26.6 Å². The van der Waals surface area contributed by atoms with Gasteiger partial charge in [-0.05, 0) is 60.5 Å². The first-order chi connectivity index (χ1) is 19.4. The molecule has 1 amide bonds. The molecule has 0 spiro atoms. The number of Topliss-reactive ketones (excluding diaryl/α,β-unsaturated/α-hetero) is 1. The van der Waals surface area contributed by atoms with Crippen molar-refractivity contribution < 1.29 is 32.6 Å². The molecule has 1 atom stereocenters. The van der Waals surface area contributed by atoms with Gasteiger partial charge in [-0.25, -0.2) is 13.2 Å². The van der Waals surface area contributed by atoms with Crippen LogP contribution in [0.2, 0.25) is 0 Å². The molecular formula is C27H31N5O7S2. The number of amides is 1. The summed E-state index contributed by atoms with van der Waals surface area (Å²) >= 11 is 0.942. The van der Waals surface area contributed by atoms with Crippen molar-refractivity contribution in [3.8, 4) is 5.75 Å². The van der Waals surface area contributed by atoms with E-state index in [1.165, 1.54) is 35.7 Å². The van der Waals surface area contributed by atoms with Crippen LogP contribution in [0.4, 0.5) is 5.69 Å². The summed E-state index contributed by atoms with van der Waals surface area (Å²) in [6.07, 6.45) is 0.394. The van der Waals surface area contributed by atoms with Crippen LogP contribution >= 0.6 is 11.3 Å². The monoisotopic (exact) mass is 601 g/mol. The van der Waals surface area contributed by atoms with Crippen LogP contribution in [0, 0.1) is 6.92 Å². The number of nitrogens with zero attached hydrogens (tertiary/aromatic N) is 1. The number of carboxylic acid groups (broad SMARTS) is 1. The number of methoxy groups -OCH3 is 1. The van der Waals surface area contributed by atoms with Gasteiger partial charge in [-0.2, -0.15) is 0 Å². The number of thiophene rings is 1. The molecule has 0 saturated carbocycles. The number of sulfonamides is 1. The van der Waals surface area contributed by atoms with E-state index < -0.39 is 27.9 Å². The summed E-state index contributed by atoms with van der Waals surface area (Å²) in [4.78, 5) is 41.0. The number of carbonyl (C=O) groups is 3. The van der Waals surface area contributed by atoms with Crippen LogP contribution in [-0.4, -0.2) is 56.8 Å². The van der Waals surface area contributed by atoms with E-state index in [-0.39, 0.29) is 52.2 Å². The average molecular weight is 602 g/mol. The van der Waals surface area contributed by atoms with Crippen molar-refractivity contribution >= 4 is 50.7 Å². The molecule has 0 aliphatic carbocycles. The topological polar surface area (TPSA) is 203 Å². The van der Waals surface area contributed by atoms with Crippen molar-refractivity contribution in [2.24, 2.45) is 16.5 Å². The third-order valence-electron chi connectivity index (χ3n) is 5.97. The fraction of sp³-hybridized carbons (Fsp3) is 0.259. The second kappa shape index (κ2) is 13.8. The predicted octanol–water partition coefficient (Wildman–Crippen LogP) is 2.53. The van der Waals surface area contributed by atoms with Crippen LogP contribution in [0.3, 0.4) is 0 Å². The fourth-order valence-electron chi connectivity index (χ4n) is 3.85. The van der Waals surface area contributed by atoms with Crippen molar-refractivity contribution in [3.63, 3.8) is 0 Å². The van der Waals surface area contributed by atoms with Crippen molar-refractivity contribution in [2.75, 3.05) is 18.4 Å². The Morgan fingerprint density at radius 2 is 1.88 bits per heavy atom. The number of nitrogens with one attached hydrogen (secondary N) is 2. The van der Waals surface area contributed by atoms with E-state index in [0.29, 0.717) is 17.7 Å². The van der Waals surface area contributed by atoms with Crippen molar-refractivity contribution in [2.45, 2.75) is 37.1 Å². The highest BCUT2D eigenvalue weighted by Crippen LogP contribution is 2.26. The SMILES string of the molecule is COc1cc(CC(=O)c2cccc(S(=O)(=O)Nc3ccsc3C(=O)N[C@@H](CCCN=C(N)N)C(=O)O)c2)ccc1C. The van der Waals surface area contributed by atoms with Gasteiger partial charge in [0.1, 0.15) is 16.7 Å². The van der Waals surface area contributed by atoms with E-state index in [1.54, 1.807) is 19.2 Å². The summed E-state index contributed by atoms with van der Waals surface area (Å²) in [5, 5.41) is 13.4. The third kappa shape index (κ3) is 8.53. The van der Waals surface area contributed by atoms with Gasteiger partial charge in [0.05, 0.1) is 17.7 Å². The van der Waals surface area contributed by atoms with Crippen LogP contribution < -0.4 is 26.2 Å². The molecule has 14 heteroatoms. The lowest BCUT2D eigenvalue weighted by Gasteiger charge is -2.15. The normalized spacial score (nSPS) is 11.8. The highest BCUT2D eigenvalue weighted by atomic mass is 32.2. The molecule has 1 heterocycles. The van der Waals surface area contributed by atoms with Crippen molar-refractivity contribution in [1.29, 1.82) is 0 Å². The number of rotatable bonds is 14. The molecule has 1 aromatic heterocycles. The number of aryl methyl sites for hydroxylation is 1. The quantitative estimate of drug-likeness (QED) is 0.0796. The second-order valence-electron chi connectivity index (χ2n) is 9.01. The molecule has 0 aliphatic rings. The minimum absolute atomic E-state index is 0.0235. The first-order valence-electron chi connectivity index (χ1n) is 12.4. The van der Waals surface area contributed by atoms with E-state index in [1.807, 2.05) is 13.0 Å². The number of carbonyl (C=O) groups excluding carboxylic acids is 2. The maximum atomic E-state index is 13.2. The molecule has 2 aromatic carbocycles. The largest absolute Gasteiger partial charge is 0.496 e. The zero-order chi connectivity index (χ0) is 30.2. The molecule has 218 valence electrons. The van der Waals surface area contributed by atoms with E-state index in [9.17, 15) is 27.9 Å². The van der Waals surface area contributed by atoms with Crippen LogP contribution in [0.15, 0.2) is 63.8 Å². The van der Waals surface area contributed by atoms with Gasteiger partial charge in [0, 0.05) is 18.5 Å². The van der Waals surface area contributed by atoms with Crippen molar-refractivity contribution in [1.82, 2.24) is 5.32 Å². The van der Waals surface area contributed by atoms with Gasteiger partial charge in [-0.3, -0.25) is 19.3 Å². The molecule has 0 radical (unpaired) electrons. The zero-order valence-electron chi connectivity index (χ0n) is 22.4. The maximum Gasteiger partial charge on any atom is 0.326 e. The number of hydrogen-bond donors (Lipinski definition) is 5. The highest BCUT2D eigenvalue weighted by Gasteiger charge is 2.25. The number of ether oxygens (including phenoxy) is 1. The van der Waals surface area contributed by atoms with Gasteiger partial charge >= 0.3 is 5.97 Å². The Labute approximate surface area is 241 Å². The number of hydrogen-bond acceptors (Lipinski definition) is 8. The standard InChI is InChI=1S/C27H31N5O7S2/c1-16-8-9-17(14-23(16)39-2)13-22(33)18-5-3-6-19(15-18)41(37,38)32-20-10-12-40-24(20)25(34)31-21(26(35)36)7-4-11-30-27(28)29/h3,5-6,8-10,12,14-15,21,32H,4,7,11,13H2,1-2H3,(H,31,34)(H,35,36)(H4,28,29,30)/t21-/m0/s1. The molecule has 7 N–H and O–H groups in total. The Bertz CT molecular complexity index is 1560. The first-order valence-corrected chi connectivity index (χ1v) is 14.7. The molecular weight excluding hydrogens is 570 g/mol. The van der Waals surface area contributed by atoms with E-state index in [2.05, 4.69) is 15.0 Å². The number of guanidine groups is 1. The van der Waals surface area contributed by atoms with Gasteiger partial charge in [-0.15, -0.1) is 11.3 Å². The third-order valence-corrected chi connectivity index (χ3v) is 8.24. The Hall–Kier alpha value is -4.43. The molecule has 0 bridgehead atoms. The molecule has 0 aliphatic heterocycles. The van der Waals surface area contributed by atoms with Crippen LogP contribution in [-0.2, 0) is 21.2 Å². The summed E-state index contributed by atoms with van der Waals surface area (Å²) in [7, 11) is -2.66. The molecule has 12 nitrogen and oxygen atoms in total. The average Bonchev–Trinajstić information content (AvgIpc) is 3.38. The smallest absolute Gasteiger partial charge is 0.326 e. The van der Waals surface area contributed by atoms with Gasteiger partial charge in [0.2, 0.25) is 0 Å². The Morgan fingerprint density at radius 3 is 2.56 bits per heavy atom. The number of nitrogens with two attached hydrogens (primary N) is 2. The lowest BCUT2D eigenvalue weighted by Crippen LogP contribution is -2.40. The van der Waals surface area contributed by atoms with Crippen LogP contribution in [0.1, 0.15) is 44.0 Å². The molecule has 0 saturated heterocycles. The summed E-state index contributed by atoms with van der Waals surface area (Å²) in [5.74, 6) is -1.79. The minimum atomic E-state index is -4.21. The van der Waals surface area contributed by atoms with E-state index in [4.69, 9.17) is 16.2 Å². The fourth-order valence-corrected chi connectivity index (χ4v) is 5.79. The van der Waals surface area contributed by atoms with E-state index >= 15 is 0 Å². The Morgan fingerprint density at radius 1 is 1.12 bits per heavy atom. The summed E-state index contributed by atoms with van der Waals surface area (Å²) < 4.78 is 34.1. The number of carboxylic acids is 1. The number of aliphatic carboxylic acids is 1.